The molecule has 7 heteroatoms. The first-order valence-corrected chi connectivity index (χ1v) is 7.46. The van der Waals surface area contributed by atoms with E-state index in [1.165, 1.54) is 0 Å². The summed E-state index contributed by atoms with van der Waals surface area (Å²) in [6, 6.07) is 0.0514. The van der Waals surface area contributed by atoms with Gasteiger partial charge >= 0.3 is 0 Å². The van der Waals surface area contributed by atoms with Gasteiger partial charge in [-0.05, 0) is 20.8 Å². The second kappa shape index (κ2) is 6.91. The van der Waals surface area contributed by atoms with E-state index < -0.39 is 0 Å². The summed E-state index contributed by atoms with van der Waals surface area (Å²) in [5.41, 5.74) is 7.59. The molecule has 0 aromatic carbocycles. The van der Waals surface area contributed by atoms with Gasteiger partial charge in [0, 0.05) is 32.2 Å². The van der Waals surface area contributed by atoms with Gasteiger partial charge in [-0.15, -0.1) is 0 Å². The molecule has 1 unspecified atom stereocenters. The van der Waals surface area contributed by atoms with Crippen molar-refractivity contribution < 1.29 is 9.53 Å². The largest absolute Gasteiger partial charge is 0.395 e. The van der Waals surface area contributed by atoms with Gasteiger partial charge in [-0.1, -0.05) is 0 Å². The number of aromatic nitrogens is 2. The average molecular weight is 295 g/mol. The quantitative estimate of drug-likeness (QED) is 0.813. The monoisotopic (exact) mass is 295 g/mol. The summed E-state index contributed by atoms with van der Waals surface area (Å²) in [7, 11) is 0. The Bertz CT molecular complexity index is 494. The van der Waals surface area contributed by atoms with Gasteiger partial charge in [0.15, 0.2) is 0 Å². The number of anilines is 1. The smallest absolute Gasteiger partial charge is 0.271 e. The summed E-state index contributed by atoms with van der Waals surface area (Å²) in [5.74, 6) is -0.157. The summed E-state index contributed by atoms with van der Waals surface area (Å²) in [6.45, 7) is 10.5. The van der Waals surface area contributed by atoms with Crippen molar-refractivity contribution in [2.75, 3.05) is 38.6 Å². The number of nitrogens with two attached hydrogens (primary N) is 1. The standard InChI is InChI=1S/C14H25N5O2/c1-4-19-13(12(15)11(3)17-19)14(20)16-10(2)9-18-5-7-21-8-6-18/h10H,4-9,15H2,1-3H3,(H,16,20). The molecular formula is C14H25N5O2. The molecule has 1 atom stereocenters. The van der Waals surface area contributed by atoms with E-state index in [0.29, 0.717) is 23.6 Å². The predicted molar refractivity (Wildman–Crippen MR) is 81.2 cm³/mol. The zero-order chi connectivity index (χ0) is 15.4. The minimum absolute atomic E-state index is 0.0514. The Morgan fingerprint density at radius 3 is 2.76 bits per heavy atom. The first-order valence-electron chi connectivity index (χ1n) is 7.46. The van der Waals surface area contributed by atoms with E-state index in [4.69, 9.17) is 10.5 Å². The third-order valence-corrected chi connectivity index (χ3v) is 3.70. The zero-order valence-corrected chi connectivity index (χ0v) is 13.1. The van der Waals surface area contributed by atoms with E-state index in [2.05, 4.69) is 15.3 Å². The van der Waals surface area contributed by atoms with Gasteiger partial charge in [0.05, 0.1) is 24.6 Å². The second-order valence-electron chi connectivity index (χ2n) is 5.45. The molecule has 2 rings (SSSR count). The van der Waals surface area contributed by atoms with E-state index in [1.807, 2.05) is 20.8 Å². The van der Waals surface area contributed by atoms with Crippen molar-refractivity contribution in [2.24, 2.45) is 0 Å². The molecule has 21 heavy (non-hydrogen) atoms. The number of morpholine rings is 1. The molecule has 0 bridgehead atoms. The zero-order valence-electron chi connectivity index (χ0n) is 13.1. The number of rotatable bonds is 5. The highest BCUT2D eigenvalue weighted by Crippen LogP contribution is 2.16. The Morgan fingerprint density at radius 1 is 1.48 bits per heavy atom. The molecule has 1 amide bonds. The third kappa shape index (κ3) is 3.74. The Morgan fingerprint density at radius 2 is 2.14 bits per heavy atom. The number of hydrogen-bond donors (Lipinski definition) is 2. The van der Waals surface area contributed by atoms with Crippen molar-refractivity contribution in [3.05, 3.63) is 11.4 Å². The molecule has 1 fully saturated rings. The highest BCUT2D eigenvalue weighted by molar-refractivity contribution is 5.98. The maximum absolute atomic E-state index is 12.4. The molecule has 1 saturated heterocycles. The van der Waals surface area contributed by atoms with E-state index >= 15 is 0 Å². The molecule has 1 aliphatic heterocycles. The van der Waals surface area contributed by atoms with Crippen molar-refractivity contribution in [1.82, 2.24) is 20.0 Å². The first-order chi connectivity index (χ1) is 10.0. The minimum atomic E-state index is -0.157. The van der Waals surface area contributed by atoms with Crippen molar-refractivity contribution in [3.8, 4) is 0 Å². The van der Waals surface area contributed by atoms with Crippen LogP contribution < -0.4 is 11.1 Å². The van der Waals surface area contributed by atoms with E-state index in [9.17, 15) is 4.79 Å². The Balaban J connectivity index is 1.97. The number of ether oxygens (including phenoxy) is 1. The molecule has 2 heterocycles. The van der Waals surface area contributed by atoms with Gasteiger partial charge in [0.25, 0.3) is 5.91 Å². The fourth-order valence-electron chi connectivity index (χ4n) is 2.57. The predicted octanol–water partition coefficient (Wildman–Crippen LogP) is 0.244. The summed E-state index contributed by atoms with van der Waals surface area (Å²) >= 11 is 0. The summed E-state index contributed by atoms with van der Waals surface area (Å²) in [5, 5.41) is 7.29. The van der Waals surface area contributed by atoms with Crippen LogP contribution in [0.1, 0.15) is 30.0 Å². The number of nitrogens with zero attached hydrogens (tertiary/aromatic N) is 3. The molecule has 7 nitrogen and oxygen atoms in total. The van der Waals surface area contributed by atoms with Crippen LogP contribution in [-0.2, 0) is 11.3 Å². The first kappa shape index (κ1) is 15.8. The molecule has 1 aliphatic rings. The van der Waals surface area contributed by atoms with E-state index in [1.54, 1.807) is 4.68 Å². The molecule has 0 saturated carbocycles. The Kier molecular flexibility index (Phi) is 5.19. The summed E-state index contributed by atoms with van der Waals surface area (Å²) in [6.07, 6.45) is 0. The van der Waals surface area contributed by atoms with Crippen LogP contribution in [0.25, 0.3) is 0 Å². The molecule has 1 aromatic heterocycles. The van der Waals surface area contributed by atoms with Crippen LogP contribution in [0.2, 0.25) is 0 Å². The lowest BCUT2D eigenvalue weighted by atomic mass is 10.2. The number of nitrogens with one attached hydrogen (secondary N) is 1. The van der Waals surface area contributed by atoms with Crippen LogP contribution >= 0.6 is 0 Å². The lowest BCUT2D eigenvalue weighted by molar-refractivity contribution is 0.0342. The topological polar surface area (TPSA) is 85.4 Å². The van der Waals surface area contributed by atoms with Gasteiger partial charge in [-0.2, -0.15) is 5.10 Å². The van der Waals surface area contributed by atoms with Gasteiger partial charge < -0.3 is 15.8 Å². The van der Waals surface area contributed by atoms with Crippen LogP contribution in [0.3, 0.4) is 0 Å². The molecule has 1 aromatic rings. The van der Waals surface area contributed by atoms with Crippen molar-refractivity contribution in [2.45, 2.75) is 33.4 Å². The number of amides is 1. The van der Waals surface area contributed by atoms with Gasteiger partial charge in [-0.3, -0.25) is 14.4 Å². The molecule has 118 valence electrons. The van der Waals surface area contributed by atoms with Crippen LogP contribution in [0.15, 0.2) is 0 Å². The second-order valence-corrected chi connectivity index (χ2v) is 5.45. The van der Waals surface area contributed by atoms with Gasteiger partial charge in [0.1, 0.15) is 5.69 Å². The molecular weight excluding hydrogens is 270 g/mol. The maximum Gasteiger partial charge on any atom is 0.271 e. The Labute approximate surface area is 125 Å². The van der Waals surface area contributed by atoms with E-state index in [-0.39, 0.29) is 11.9 Å². The normalized spacial score (nSPS) is 17.7. The van der Waals surface area contributed by atoms with Crippen LogP contribution in [0.4, 0.5) is 5.69 Å². The van der Waals surface area contributed by atoms with Crippen molar-refractivity contribution in [3.63, 3.8) is 0 Å². The highest BCUT2D eigenvalue weighted by Gasteiger charge is 2.21. The highest BCUT2D eigenvalue weighted by atomic mass is 16.5. The number of carbonyl (C=O) groups excluding carboxylic acids is 1. The lowest BCUT2D eigenvalue weighted by Crippen LogP contribution is -2.46. The van der Waals surface area contributed by atoms with Gasteiger partial charge in [0.2, 0.25) is 0 Å². The number of carbonyl (C=O) groups is 1. The SMILES string of the molecule is CCn1nc(C)c(N)c1C(=O)NC(C)CN1CCOCC1. The average Bonchev–Trinajstić information content (AvgIpc) is 2.75. The molecule has 0 aliphatic carbocycles. The van der Waals surface area contributed by atoms with Crippen LogP contribution in [0.5, 0.6) is 0 Å². The molecule has 3 N–H and O–H groups in total. The van der Waals surface area contributed by atoms with Gasteiger partial charge in [-0.25, -0.2) is 0 Å². The van der Waals surface area contributed by atoms with Crippen LogP contribution in [0, 0.1) is 6.92 Å². The maximum atomic E-state index is 12.4. The Hall–Kier alpha value is -1.60. The van der Waals surface area contributed by atoms with E-state index in [0.717, 1.165) is 32.8 Å². The lowest BCUT2D eigenvalue weighted by Gasteiger charge is -2.29. The number of hydrogen-bond acceptors (Lipinski definition) is 5. The number of aryl methyl sites for hydroxylation is 2. The fraction of sp³-hybridized carbons (Fsp3) is 0.714. The summed E-state index contributed by atoms with van der Waals surface area (Å²) in [4.78, 5) is 14.7. The van der Waals surface area contributed by atoms with Crippen molar-refractivity contribution >= 4 is 11.6 Å². The minimum Gasteiger partial charge on any atom is -0.395 e. The fourth-order valence-corrected chi connectivity index (χ4v) is 2.57. The molecule has 0 radical (unpaired) electrons. The van der Waals surface area contributed by atoms with Crippen LogP contribution in [-0.4, -0.2) is 59.5 Å². The van der Waals surface area contributed by atoms with Crippen molar-refractivity contribution in [1.29, 1.82) is 0 Å². The third-order valence-electron chi connectivity index (χ3n) is 3.70. The molecule has 0 spiro atoms. The number of nitrogen functional groups attached to an aromatic ring is 1. The summed E-state index contributed by atoms with van der Waals surface area (Å²) < 4.78 is 6.98.